The third kappa shape index (κ3) is 0.949. The first-order valence-corrected chi connectivity index (χ1v) is 2.69. The molecule has 2 amide bonds. The molecule has 1 fully saturated rings. The molecule has 0 radical (unpaired) electrons. The number of hydrogen-bond donors (Lipinski definition) is 2. The molecule has 0 unspecified atom stereocenters. The van der Waals surface area contributed by atoms with Crippen LogP contribution in [-0.4, -0.2) is 16.8 Å². The second-order valence-corrected chi connectivity index (χ2v) is 1.97. The molecule has 2 N–H and O–H groups in total. The van der Waals surface area contributed by atoms with Crippen molar-refractivity contribution in [3.63, 3.8) is 0 Å². The largest absolute Gasteiger partial charge is 0.294 e. The zero-order chi connectivity index (χ0) is 7.72. The van der Waals surface area contributed by atoms with Crippen molar-refractivity contribution >= 4 is 11.8 Å². The molecule has 0 bridgehead atoms. The molecule has 1 aliphatic rings. The van der Waals surface area contributed by atoms with E-state index in [9.17, 15) is 14.5 Å². The summed E-state index contributed by atoms with van der Waals surface area (Å²) in [7, 11) is 0. The summed E-state index contributed by atoms with van der Waals surface area (Å²) in [6.45, 7) is 1.41. The molecule has 6 nitrogen and oxygen atoms in total. The Bertz CT molecular complexity index is 192. The van der Waals surface area contributed by atoms with Crippen LogP contribution in [0.25, 0.3) is 0 Å². The number of carbonyl (C=O) groups excluding carboxylic acids is 2. The lowest BCUT2D eigenvalue weighted by atomic mass is 10.1. The van der Waals surface area contributed by atoms with Crippen molar-refractivity contribution in [2.45, 2.75) is 6.92 Å². The van der Waals surface area contributed by atoms with Gasteiger partial charge in [-0.25, -0.2) is 0 Å². The SMILES string of the molecule is CC1C(=O)N[N+](=O)NC1=O. The molecule has 0 aromatic heterocycles. The number of hydrogen-bond acceptors (Lipinski definition) is 3. The van der Waals surface area contributed by atoms with Crippen molar-refractivity contribution in [2.75, 3.05) is 0 Å². The van der Waals surface area contributed by atoms with Gasteiger partial charge in [-0.3, -0.25) is 9.59 Å². The number of nitrogens with one attached hydrogen (secondary N) is 2. The summed E-state index contributed by atoms with van der Waals surface area (Å²) in [4.78, 5) is 31.5. The van der Waals surface area contributed by atoms with Crippen LogP contribution in [0.15, 0.2) is 0 Å². The highest BCUT2D eigenvalue weighted by molar-refractivity contribution is 5.99. The molecule has 0 atom stereocenters. The van der Waals surface area contributed by atoms with Crippen molar-refractivity contribution in [1.82, 2.24) is 10.9 Å². The van der Waals surface area contributed by atoms with E-state index in [1.165, 1.54) is 6.92 Å². The maximum atomic E-state index is 10.6. The van der Waals surface area contributed by atoms with Gasteiger partial charge in [0.15, 0.2) is 0 Å². The quantitative estimate of drug-likeness (QED) is 0.320. The smallest absolute Gasteiger partial charge is 0.268 e. The van der Waals surface area contributed by atoms with Crippen LogP contribution in [0.2, 0.25) is 0 Å². The first-order chi connectivity index (χ1) is 4.61. The summed E-state index contributed by atoms with van der Waals surface area (Å²) in [6, 6.07) is 0. The van der Waals surface area contributed by atoms with Crippen LogP contribution in [-0.2, 0) is 9.59 Å². The van der Waals surface area contributed by atoms with E-state index >= 15 is 0 Å². The minimum absolute atomic E-state index is 0.00926. The molecule has 6 heteroatoms. The lowest BCUT2D eigenvalue weighted by molar-refractivity contribution is -0.641. The van der Waals surface area contributed by atoms with Gasteiger partial charge in [-0.2, -0.15) is 0 Å². The molecule has 0 aromatic carbocycles. The van der Waals surface area contributed by atoms with E-state index in [4.69, 9.17) is 0 Å². The summed E-state index contributed by atoms with van der Waals surface area (Å²) < 4.78 is 0. The Balaban J connectivity index is 2.76. The van der Waals surface area contributed by atoms with Gasteiger partial charge in [0.1, 0.15) is 5.92 Å². The van der Waals surface area contributed by atoms with E-state index in [0.29, 0.717) is 0 Å². The summed E-state index contributed by atoms with van der Waals surface area (Å²) in [5, 5.41) is 0. The van der Waals surface area contributed by atoms with Crippen LogP contribution in [0.3, 0.4) is 0 Å². The second kappa shape index (κ2) is 2.05. The Morgan fingerprint density at radius 2 is 1.70 bits per heavy atom. The Morgan fingerprint density at radius 3 is 2.10 bits per heavy atom. The van der Waals surface area contributed by atoms with Gasteiger partial charge in [-0.1, -0.05) is 10.9 Å². The normalized spacial score (nSPS) is 20.3. The molecule has 1 aliphatic heterocycles. The van der Waals surface area contributed by atoms with Gasteiger partial charge >= 0.3 is 0 Å². The molecular formula is C4H6N3O3+. The first kappa shape index (κ1) is 6.66. The van der Waals surface area contributed by atoms with Crippen molar-refractivity contribution in [3.05, 3.63) is 4.91 Å². The molecule has 0 aliphatic carbocycles. The second-order valence-electron chi connectivity index (χ2n) is 1.97. The maximum Gasteiger partial charge on any atom is 0.294 e. The van der Waals surface area contributed by atoms with E-state index < -0.39 is 17.7 Å². The predicted molar refractivity (Wildman–Crippen MR) is 29.1 cm³/mol. The summed E-state index contributed by atoms with van der Waals surface area (Å²) in [6.07, 6.45) is 0. The molecule has 54 valence electrons. The molecular weight excluding hydrogens is 138 g/mol. The Hall–Kier alpha value is -1.46. The predicted octanol–water partition coefficient (Wildman–Crippen LogP) is -1.52. The Kier molecular flexibility index (Phi) is 1.37. The van der Waals surface area contributed by atoms with Crippen molar-refractivity contribution in [1.29, 1.82) is 0 Å². The summed E-state index contributed by atoms with van der Waals surface area (Å²) >= 11 is 0. The fourth-order valence-electron chi connectivity index (χ4n) is 0.541. The number of rotatable bonds is 0. The van der Waals surface area contributed by atoms with Gasteiger partial charge in [-0.15, -0.1) is 0 Å². The molecule has 0 spiro atoms. The maximum absolute atomic E-state index is 10.6. The van der Waals surface area contributed by atoms with Crippen molar-refractivity contribution < 1.29 is 14.6 Å². The monoisotopic (exact) mass is 144 g/mol. The third-order valence-corrected chi connectivity index (χ3v) is 1.21. The van der Waals surface area contributed by atoms with Gasteiger partial charge in [0, 0.05) is 0 Å². The number of amides is 2. The van der Waals surface area contributed by atoms with Crippen LogP contribution in [0, 0.1) is 10.8 Å². The average molecular weight is 144 g/mol. The van der Waals surface area contributed by atoms with Crippen molar-refractivity contribution in [2.24, 2.45) is 5.92 Å². The van der Waals surface area contributed by atoms with Crippen LogP contribution in [0.1, 0.15) is 6.92 Å². The highest BCUT2D eigenvalue weighted by Crippen LogP contribution is 1.97. The topological polar surface area (TPSA) is 78.3 Å². The fourth-order valence-corrected chi connectivity index (χ4v) is 0.541. The van der Waals surface area contributed by atoms with Gasteiger partial charge in [-0.05, 0) is 6.92 Å². The van der Waals surface area contributed by atoms with Crippen LogP contribution in [0.4, 0.5) is 0 Å². The minimum atomic E-state index is -0.787. The third-order valence-electron chi connectivity index (χ3n) is 1.21. The molecule has 1 saturated heterocycles. The van der Waals surface area contributed by atoms with Crippen LogP contribution < -0.4 is 10.9 Å². The van der Waals surface area contributed by atoms with Gasteiger partial charge in [0.2, 0.25) is 0 Å². The summed E-state index contributed by atoms with van der Waals surface area (Å²) in [5.74, 6) is -1.96. The van der Waals surface area contributed by atoms with Gasteiger partial charge in [0.25, 0.3) is 16.8 Å². The zero-order valence-electron chi connectivity index (χ0n) is 5.25. The lowest BCUT2D eigenvalue weighted by Crippen LogP contribution is -2.56. The molecule has 10 heavy (non-hydrogen) atoms. The van der Waals surface area contributed by atoms with E-state index in [2.05, 4.69) is 0 Å². The molecule has 0 aromatic rings. The van der Waals surface area contributed by atoms with E-state index in [0.717, 1.165) is 0 Å². The number of carbonyl (C=O) groups is 2. The number of nitrogens with zero attached hydrogens (tertiary/aromatic N) is 1. The highest BCUT2D eigenvalue weighted by Gasteiger charge is 2.35. The molecule has 1 heterocycles. The Labute approximate surface area is 56.1 Å². The molecule has 0 saturated carbocycles. The van der Waals surface area contributed by atoms with E-state index in [1.54, 1.807) is 0 Å². The Morgan fingerprint density at radius 1 is 1.30 bits per heavy atom. The minimum Gasteiger partial charge on any atom is -0.268 e. The van der Waals surface area contributed by atoms with Gasteiger partial charge in [0.05, 0.1) is 4.91 Å². The van der Waals surface area contributed by atoms with Crippen LogP contribution in [0.5, 0.6) is 0 Å². The first-order valence-electron chi connectivity index (χ1n) is 2.69. The van der Waals surface area contributed by atoms with Crippen molar-refractivity contribution in [3.8, 4) is 0 Å². The summed E-state index contributed by atoms with van der Waals surface area (Å²) in [5.41, 5.74) is 3.73. The van der Waals surface area contributed by atoms with E-state index in [-0.39, 0.29) is 4.98 Å². The lowest BCUT2D eigenvalue weighted by Gasteiger charge is -2.08. The standard InChI is InChI=1S/C4H5N3O3/c1-2-3(8)5-7(10)6-4(2)9/h2H,1H3,(H-,5,6,8,9,10)/p+1. The molecule has 1 rings (SSSR count). The number of hydrazine groups is 2. The number of nitroso groups, excluding NO2 is 1. The highest BCUT2D eigenvalue weighted by atomic mass is 16.4. The van der Waals surface area contributed by atoms with Crippen LogP contribution >= 0.6 is 0 Å². The average Bonchev–Trinajstić information content (AvgIpc) is 1.82. The van der Waals surface area contributed by atoms with Gasteiger partial charge < -0.3 is 0 Å². The van der Waals surface area contributed by atoms with E-state index in [1.807, 2.05) is 10.9 Å². The fraction of sp³-hybridized carbons (Fsp3) is 0.500. The zero-order valence-corrected chi connectivity index (χ0v) is 5.25.